The minimum Gasteiger partial charge on any atom is -0.495 e. The molecule has 0 radical (unpaired) electrons. The zero-order valence-corrected chi connectivity index (χ0v) is 21.0. The van der Waals surface area contributed by atoms with E-state index in [0.29, 0.717) is 23.6 Å². The molecule has 1 fully saturated rings. The van der Waals surface area contributed by atoms with Gasteiger partial charge in [-0.1, -0.05) is 18.2 Å². The van der Waals surface area contributed by atoms with Crippen LogP contribution in [0.1, 0.15) is 29.9 Å². The molecular weight excluding hydrogens is 509 g/mol. The summed E-state index contributed by atoms with van der Waals surface area (Å²) in [5.74, 6) is 0.259. The number of para-hydroxylation sites is 2. The number of halogens is 3. The molecule has 198 valence electrons. The first-order valence-electron chi connectivity index (χ1n) is 11.5. The highest BCUT2D eigenvalue weighted by Gasteiger charge is 2.35. The van der Waals surface area contributed by atoms with Crippen LogP contribution in [0.5, 0.6) is 5.75 Å². The van der Waals surface area contributed by atoms with Gasteiger partial charge in [0.05, 0.1) is 30.4 Å². The van der Waals surface area contributed by atoms with Gasteiger partial charge >= 0.3 is 6.18 Å². The Hall–Kier alpha value is -3.58. The van der Waals surface area contributed by atoms with Crippen molar-refractivity contribution in [2.75, 3.05) is 41.8 Å². The first-order chi connectivity index (χ1) is 17.5. The standard InChI is InChI=1S/C24H27F3N6O3S/c1-36-21-13-16(15-9-11-28-12-10-15)7-8-20(21)31-23-29-14-17(24(25,26)27)22(32-23)30-18-5-3-4-6-19(18)33-37(2,34)35/h3-8,13-15,28,33H,9-12H2,1-2H3,(H2,29,30,31,32). The third-order valence-electron chi connectivity index (χ3n) is 5.85. The van der Waals surface area contributed by atoms with Crippen molar-refractivity contribution in [2.24, 2.45) is 0 Å². The number of aromatic nitrogens is 2. The lowest BCUT2D eigenvalue weighted by atomic mass is 9.90. The van der Waals surface area contributed by atoms with Gasteiger partial charge in [-0.05, 0) is 61.7 Å². The van der Waals surface area contributed by atoms with Gasteiger partial charge in [0.25, 0.3) is 0 Å². The van der Waals surface area contributed by atoms with Crippen LogP contribution in [-0.2, 0) is 16.2 Å². The molecule has 37 heavy (non-hydrogen) atoms. The predicted octanol–water partition coefficient (Wildman–Crippen LogP) is 4.83. The van der Waals surface area contributed by atoms with E-state index in [-0.39, 0.29) is 17.3 Å². The second-order valence-electron chi connectivity index (χ2n) is 8.61. The maximum absolute atomic E-state index is 13.7. The van der Waals surface area contributed by atoms with Crippen molar-refractivity contribution in [3.05, 3.63) is 59.8 Å². The summed E-state index contributed by atoms with van der Waals surface area (Å²) in [5.41, 5.74) is 0.661. The molecule has 3 aromatic rings. The fourth-order valence-electron chi connectivity index (χ4n) is 4.09. The molecule has 4 rings (SSSR count). The van der Waals surface area contributed by atoms with Crippen molar-refractivity contribution in [2.45, 2.75) is 24.9 Å². The van der Waals surface area contributed by atoms with Gasteiger partial charge < -0.3 is 20.7 Å². The Morgan fingerprint density at radius 1 is 1.03 bits per heavy atom. The zero-order chi connectivity index (χ0) is 26.6. The highest BCUT2D eigenvalue weighted by molar-refractivity contribution is 7.92. The number of benzene rings is 2. The van der Waals surface area contributed by atoms with Crippen LogP contribution in [-0.4, -0.2) is 44.8 Å². The predicted molar refractivity (Wildman–Crippen MR) is 136 cm³/mol. The van der Waals surface area contributed by atoms with Gasteiger partial charge in [-0.15, -0.1) is 0 Å². The second kappa shape index (κ2) is 10.8. The molecule has 0 bridgehead atoms. The minimum atomic E-state index is -4.76. The molecule has 0 aliphatic carbocycles. The molecule has 9 nitrogen and oxygen atoms in total. The molecule has 13 heteroatoms. The smallest absolute Gasteiger partial charge is 0.421 e. The molecular formula is C24H27F3N6O3S. The fraction of sp³-hybridized carbons (Fsp3) is 0.333. The van der Waals surface area contributed by atoms with E-state index < -0.39 is 27.6 Å². The summed E-state index contributed by atoms with van der Waals surface area (Å²) >= 11 is 0. The van der Waals surface area contributed by atoms with Crippen molar-refractivity contribution in [1.82, 2.24) is 15.3 Å². The number of piperidine rings is 1. The van der Waals surface area contributed by atoms with Crippen molar-refractivity contribution >= 4 is 38.9 Å². The Balaban J connectivity index is 1.65. The molecule has 1 aromatic heterocycles. The first-order valence-corrected chi connectivity index (χ1v) is 13.4. The number of ether oxygens (including phenoxy) is 1. The lowest BCUT2D eigenvalue weighted by Gasteiger charge is -2.24. The number of nitrogens with zero attached hydrogens (tertiary/aromatic N) is 2. The van der Waals surface area contributed by atoms with Gasteiger partial charge in [0.1, 0.15) is 17.1 Å². The van der Waals surface area contributed by atoms with Crippen molar-refractivity contribution in [3.63, 3.8) is 0 Å². The normalized spacial score (nSPS) is 14.7. The Kier molecular flexibility index (Phi) is 7.73. The van der Waals surface area contributed by atoms with Crippen molar-refractivity contribution < 1.29 is 26.3 Å². The largest absolute Gasteiger partial charge is 0.495 e. The van der Waals surface area contributed by atoms with Crippen LogP contribution in [0.4, 0.5) is 42.0 Å². The average molecular weight is 537 g/mol. The van der Waals surface area contributed by atoms with Crippen molar-refractivity contribution in [1.29, 1.82) is 0 Å². The Morgan fingerprint density at radius 3 is 2.38 bits per heavy atom. The second-order valence-corrected chi connectivity index (χ2v) is 10.4. The maximum atomic E-state index is 13.7. The number of hydrogen-bond acceptors (Lipinski definition) is 8. The van der Waals surface area contributed by atoms with Gasteiger partial charge in [0.2, 0.25) is 16.0 Å². The van der Waals surface area contributed by atoms with Crippen molar-refractivity contribution in [3.8, 4) is 5.75 Å². The summed E-state index contributed by atoms with van der Waals surface area (Å²) in [6.45, 7) is 1.87. The SMILES string of the molecule is COc1cc(C2CCNCC2)ccc1Nc1ncc(C(F)(F)F)c(Nc2ccccc2NS(C)(=O)=O)n1. The highest BCUT2D eigenvalue weighted by atomic mass is 32.2. The molecule has 1 aliphatic heterocycles. The number of nitrogens with one attached hydrogen (secondary N) is 4. The first kappa shape index (κ1) is 26.5. The van der Waals surface area contributed by atoms with E-state index in [1.807, 2.05) is 12.1 Å². The molecule has 1 aliphatic rings. The summed E-state index contributed by atoms with van der Waals surface area (Å²) in [4.78, 5) is 7.92. The zero-order valence-electron chi connectivity index (χ0n) is 20.2. The van der Waals surface area contributed by atoms with E-state index >= 15 is 0 Å². The van der Waals surface area contributed by atoms with Crippen LogP contribution in [0.15, 0.2) is 48.7 Å². The van der Waals surface area contributed by atoms with Gasteiger partial charge in [0.15, 0.2) is 0 Å². The van der Waals surface area contributed by atoms with E-state index in [0.717, 1.165) is 37.8 Å². The molecule has 0 spiro atoms. The number of anilines is 5. The van der Waals surface area contributed by atoms with Gasteiger partial charge in [0, 0.05) is 6.20 Å². The van der Waals surface area contributed by atoms with E-state index in [1.54, 1.807) is 18.2 Å². The van der Waals surface area contributed by atoms with Crippen LogP contribution < -0.4 is 25.4 Å². The Bertz CT molecular complexity index is 1360. The molecule has 2 aromatic carbocycles. The van der Waals surface area contributed by atoms with E-state index in [9.17, 15) is 21.6 Å². The molecule has 2 heterocycles. The van der Waals surface area contributed by atoms with E-state index in [4.69, 9.17) is 4.74 Å². The maximum Gasteiger partial charge on any atom is 0.421 e. The lowest BCUT2D eigenvalue weighted by Crippen LogP contribution is -2.26. The monoisotopic (exact) mass is 536 g/mol. The fourth-order valence-corrected chi connectivity index (χ4v) is 4.67. The third-order valence-corrected chi connectivity index (χ3v) is 6.44. The Labute approximate surface area is 212 Å². The number of methoxy groups -OCH3 is 1. The number of hydrogen-bond donors (Lipinski definition) is 4. The summed E-state index contributed by atoms with van der Waals surface area (Å²) < 4.78 is 72.4. The summed E-state index contributed by atoms with van der Waals surface area (Å²) in [5, 5.41) is 8.86. The topological polar surface area (TPSA) is 117 Å². The molecule has 0 amide bonds. The van der Waals surface area contributed by atoms with Gasteiger partial charge in [-0.25, -0.2) is 13.4 Å². The lowest BCUT2D eigenvalue weighted by molar-refractivity contribution is -0.137. The van der Waals surface area contributed by atoms with Crippen LogP contribution >= 0.6 is 0 Å². The van der Waals surface area contributed by atoms with Gasteiger partial charge in [-0.2, -0.15) is 18.2 Å². The number of rotatable bonds is 8. The molecule has 0 saturated carbocycles. The van der Waals surface area contributed by atoms with E-state index in [1.165, 1.54) is 19.2 Å². The number of alkyl halides is 3. The molecule has 1 saturated heterocycles. The third kappa shape index (κ3) is 6.80. The molecule has 4 N–H and O–H groups in total. The summed E-state index contributed by atoms with van der Waals surface area (Å²) in [6.07, 6.45) is -1.14. The van der Waals surface area contributed by atoms with Crippen LogP contribution in [0.3, 0.4) is 0 Å². The van der Waals surface area contributed by atoms with E-state index in [2.05, 4.69) is 30.6 Å². The van der Waals surface area contributed by atoms with Gasteiger partial charge in [-0.3, -0.25) is 4.72 Å². The van der Waals surface area contributed by atoms with Crippen LogP contribution in [0, 0.1) is 0 Å². The number of sulfonamides is 1. The van der Waals surface area contributed by atoms with Crippen LogP contribution in [0.25, 0.3) is 0 Å². The quantitative estimate of drug-likeness (QED) is 0.324. The summed E-state index contributed by atoms with van der Waals surface area (Å²) in [6, 6.07) is 11.6. The summed E-state index contributed by atoms with van der Waals surface area (Å²) in [7, 11) is -2.16. The molecule has 0 atom stereocenters. The average Bonchev–Trinajstić information content (AvgIpc) is 2.84. The molecule has 0 unspecified atom stereocenters. The Morgan fingerprint density at radius 2 is 1.73 bits per heavy atom. The van der Waals surface area contributed by atoms with Crippen LogP contribution in [0.2, 0.25) is 0 Å². The highest BCUT2D eigenvalue weighted by Crippen LogP contribution is 2.38. The minimum absolute atomic E-state index is 0.0708.